The third-order valence-corrected chi connectivity index (χ3v) is 4.50. The fourth-order valence-corrected chi connectivity index (χ4v) is 2.97. The molecular weight excluding hydrogens is 372 g/mol. The van der Waals surface area contributed by atoms with Crippen molar-refractivity contribution in [2.45, 2.75) is 18.8 Å². The summed E-state index contributed by atoms with van der Waals surface area (Å²) in [6.07, 6.45) is 5.90. The van der Waals surface area contributed by atoms with Gasteiger partial charge < -0.3 is 10.1 Å². The zero-order chi connectivity index (χ0) is 19.3. The molecule has 0 atom stereocenters. The summed E-state index contributed by atoms with van der Waals surface area (Å²) in [4.78, 5) is 8.86. The number of aromatic nitrogens is 2. The molecule has 0 radical (unpaired) electrons. The maximum Gasteiger partial charge on any atom is 0.227 e. The highest BCUT2D eigenvalue weighted by Gasteiger charge is 2.25. The van der Waals surface area contributed by atoms with Gasteiger partial charge in [0.2, 0.25) is 5.95 Å². The number of anilines is 2. The van der Waals surface area contributed by atoms with Crippen LogP contribution >= 0.6 is 11.6 Å². The molecule has 1 saturated carbocycles. The predicted molar refractivity (Wildman–Crippen MR) is 110 cm³/mol. The molecule has 28 heavy (non-hydrogen) atoms. The van der Waals surface area contributed by atoms with E-state index in [1.54, 1.807) is 24.4 Å². The Balaban J connectivity index is 1.58. The van der Waals surface area contributed by atoms with Crippen LogP contribution < -0.4 is 10.1 Å². The van der Waals surface area contributed by atoms with Crippen LogP contribution in [0.3, 0.4) is 0 Å². The highest BCUT2D eigenvalue weighted by molar-refractivity contribution is 6.27. The Morgan fingerprint density at radius 3 is 2.86 bits per heavy atom. The van der Waals surface area contributed by atoms with Gasteiger partial charge in [-0.25, -0.2) is 9.97 Å². The first-order chi connectivity index (χ1) is 13.7. The van der Waals surface area contributed by atoms with E-state index in [2.05, 4.69) is 21.4 Å². The molecule has 138 valence electrons. The highest BCUT2D eigenvalue weighted by Crippen LogP contribution is 2.39. The van der Waals surface area contributed by atoms with E-state index in [0.717, 1.165) is 16.9 Å². The summed E-state index contributed by atoms with van der Waals surface area (Å²) >= 11 is 5.64. The monoisotopic (exact) mass is 388 g/mol. The second-order valence-electron chi connectivity index (χ2n) is 6.49. The van der Waals surface area contributed by atoms with Crippen molar-refractivity contribution in [3.05, 3.63) is 77.1 Å². The third-order valence-electron chi connectivity index (χ3n) is 4.37. The molecule has 0 aliphatic heterocycles. The van der Waals surface area contributed by atoms with Crippen molar-refractivity contribution in [3.8, 4) is 17.6 Å². The van der Waals surface area contributed by atoms with E-state index in [-0.39, 0.29) is 0 Å². The van der Waals surface area contributed by atoms with Crippen LogP contribution in [-0.4, -0.2) is 9.97 Å². The van der Waals surface area contributed by atoms with Gasteiger partial charge in [-0.3, -0.25) is 0 Å². The Morgan fingerprint density at radius 2 is 2.07 bits per heavy atom. The molecule has 0 spiro atoms. The quantitative estimate of drug-likeness (QED) is 0.563. The zero-order valence-corrected chi connectivity index (χ0v) is 15.7. The summed E-state index contributed by atoms with van der Waals surface area (Å²) in [6, 6.07) is 16.9. The van der Waals surface area contributed by atoms with Gasteiger partial charge in [0.15, 0.2) is 0 Å². The van der Waals surface area contributed by atoms with Crippen molar-refractivity contribution in [1.29, 1.82) is 5.26 Å². The van der Waals surface area contributed by atoms with Gasteiger partial charge in [-0.1, -0.05) is 23.7 Å². The van der Waals surface area contributed by atoms with Crippen molar-refractivity contribution in [2.24, 2.45) is 0 Å². The van der Waals surface area contributed by atoms with Crippen LogP contribution in [0, 0.1) is 11.3 Å². The van der Waals surface area contributed by atoms with E-state index in [1.807, 2.05) is 36.4 Å². The summed E-state index contributed by atoms with van der Waals surface area (Å²) in [5, 5.41) is 12.6. The van der Waals surface area contributed by atoms with Crippen LogP contribution in [0.4, 0.5) is 11.6 Å². The number of nitriles is 1. The number of hydrogen-bond acceptors (Lipinski definition) is 5. The molecule has 1 N–H and O–H groups in total. The summed E-state index contributed by atoms with van der Waals surface area (Å²) in [7, 11) is 0. The van der Waals surface area contributed by atoms with E-state index in [9.17, 15) is 5.26 Å². The zero-order valence-electron chi connectivity index (χ0n) is 15.0. The van der Waals surface area contributed by atoms with Crippen molar-refractivity contribution >= 4 is 29.3 Å². The molecule has 1 aliphatic carbocycles. The highest BCUT2D eigenvalue weighted by atomic mass is 35.5. The summed E-state index contributed by atoms with van der Waals surface area (Å²) in [6.45, 7) is 0. The summed E-state index contributed by atoms with van der Waals surface area (Å²) < 4.78 is 5.96. The maximum atomic E-state index is 9.42. The molecule has 5 nitrogen and oxygen atoms in total. The molecule has 0 amide bonds. The van der Waals surface area contributed by atoms with Gasteiger partial charge in [0.1, 0.15) is 17.6 Å². The minimum Gasteiger partial charge on any atom is -0.456 e. The van der Waals surface area contributed by atoms with E-state index in [1.165, 1.54) is 18.4 Å². The van der Waals surface area contributed by atoms with Gasteiger partial charge in [-0.2, -0.15) is 5.26 Å². The molecule has 3 aromatic rings. The standard InChI is InChI=1S/C22H17ClN4O/c23-10-8-15-2-1-3-19(12-15)28-21-13-18(7-6-17(21)14-24)26-22-25-11-9-20(27-22)16-4-5-16/h1-3,6-13,16H,4-5H2,(H,25,26,27)/b10-8+. The molecule has 1 aromatic heterocycles. The Labute approximate surface area is 168 Å². The second-order valence-corrected chi connectivity index (χ2v) is 6.75. The Hall–Kier alpha value is -3.36. The van der Waals surface area contributed by atoms with Crippen LogP contribution in [0.5, 0.6) is 11.5 Å². The second kappa shape index (κ2) is 8.12. The molecule has 1 heterocycles. The number of ether oxygens (including phenoxy) is 1. The summed E-state index contributed by atoms with van der Waals surface area (Å²) in [5.74, 6) is 2.16. The molecular formula is C22H17ClN4O. The molecule has 2 aromatic carbocycles. The van der Waals surface area contributed by atoms with Gasteiger partial charge in [-0.15, -0.1) is 0 Å². The van der Waals surface area contributed by atoms with Crippen molar-refractivity contribution in [3.63, 3.8) is 0 Å². The first-order valence-corrected chi connectivity index (χ1v) is 9.37. The van der Waals surface area contributed by atoms with Gasteiger partial charge >= 0.3 is 0 Å². The molecule has 0 saturated heterocycles. The molecule has 0 bridgehead atoms. The van der Waals surface area contributed by atoms with Crippen molar-refractivity contribution in [1.82, 2.24) is 9.97 Å². The van der Waals surface area contributed by atoms with Crippen molar-refractivity contribution < 1.29 is 4.74 Å². The molecule has 4 rings (SSSR count). The van der Waals surface area contributed by atoms with E-state index < -0.39 is 0 Å². The average Bonchev–Trinajstić information content (AvgIpc) is 3.55. The van der Waals surface area contributed by atoms with Crippen LogP contribution in [0.2, 0.25) is 0 Å². The lowest BCUT2D eigenvalue weighted by molar-refractivity contribution is 0.481. The topological polar surface area (TPSA) is 70.8 Å². The summed E-state index contributed by atoms with van der Waals surface area (Å²) in [5.41, 5.74) is 4.60. The predicted octanol–water partition coefficient (Wildman–Crippen LogP) is 5.97. The third kappa shape index (κ3) is 4.30. The van der Waals surface area contributed by atoms with Crippen LogP contribution in [0.1, 0.15) is 35.6 Å². The number of halogens is 1. The number of nitrogens with one attached hydrogen (secondary N) is 1. The Morgan fingerprint density at radius 1 is 1.18 bits per heavy atom. The average molecular weight is 389 g/mol. The van der Waals surface area contributed by atoms with Crippen molar-refractivity contribution in [2.75, 3.05) is 5.32 Å². The fraction of sp³-hybridized carbons (Fsp3) is 0.136. The molecule has 6 heteroatoms. The Kier molecular flexibility index (Phi) is 5.22. The van der Waals surface area contributed by atoms with Gasteiger partial charge in [0.25, 0.3) is 0 Å². The molecule has 0 unspecified atom stereocenters. The van der Waals surface area contributed by atoms with E-state index in [4.69, 9.17) is 16.3 Å². The number of hydrogen-bond donors (Lipinski definition) is 1. The minimum absolute atomic E-state index is 0.441. The SMILES string of the molecule is N#Cc1ccc(Nc2nccc(C3CC3)n2)cc1Oc1cccc(/C=C/Cl)c1. The Bertz CT molecular complexity index is 1070. The maximum absolute atomic E-state index is 9.42. The van der Waals surface area contributed by atoms with Crippen LogP contribution in [-0.2, 0) is 0 Å². The largest absolute Gasteiger partial charge is 0.456 e. The first kappa shape index (κ1) is 18.0. The van der Waals surface area contributed by atoms with Crippen LogP contribution in [0.25, 0.3) is 6.08 Å². The lowest BCUT2D eigenvalue weighted by Gasteiger charge is -2.11. The number of rotatable bonds is 6. The van der Waals surface area contributed by atoms with Gasteiger partial charge in [0, 0.05) is 35.1 Å². The van der Waals surface area contributed by atoms with Gasteiger partial charge in [-0.05, 0) is 54.8 Å². The van der Waals surface area contributed by atoms with E-state index >= 15 is 0 Å². The normalized spacial score (nSPS) is 13.3. The number of nitrogens with zero attached hydrogens (tertiary/aromatic N) is 3. The molecule has 1 aliphatic rings. The first-order valence-electron chi connectivity index (χ1n) is 8.94. The lowest BCUT2D eigenvalue weighted by atomic mass is 10.2. The van der Waals surface area contributed by atoms with Crippen LogP contribution in [0.15, 0.2) is 60.3 Å². The number of benzene rings is 2. The fourth-order valence-electron chi connectivity index (χ4n) is 2.83. The molecule has 1 fully saturated rings. The smallest absolute Gasteiger partial charge is 0.227 e. The lowest BCUT2D eigenvalue weighted by Crippen LogP contribution is -2.00. The van der Waals surface area contributed by atoms with Gasteiger partial charge in [0.05, 0.1) is 5.56 Å². The van der Waals surface area contributed by atoms with E-state index in [0.29, 0.717) is 28.9 Å². The minimum atomic E-state index is 0.441.